The lowest BCUT2D eigenvalue weighted by molar-refractivity contribution is -0.129. The number of piperidine rings is 1. The van der Waals surface area contributed by atoms with Crippen LogP contribution in [0.25, 0.3) is 6.08 Å². The topological polar surface area (TPSA) is 55.6 Å². The molecule has 2 atom stereocenters. The molecular weight excluding hydrogens is 276 g/mol. The van der Waals surface area contributed by atoms with Gasteiger partial charge in [0, 0.05) is 24.7 Å². The molecule has 1 aromatic carbocycles. The van der Waals surface area contributed by atoms with Crippen molar-refractivity contribution < 1.29 is 9.53 Å². The predicted molar refractivity (Wildman–Crippen MR) is 89.6 cm³/mol. The third-order valence-corrected chi connectivity index (χ3v) is 3.85. The van der Waals surface area contributed by atoms with Crippen LogP contribution in [0.4, 0.5) is 0 Å². The number of rotatable bonds is 4. The number of hydrogen-bond donors (Lipinski definition) is 1. The number of ether oxygens (including phenoxy) is 1. The highest BCUT2D eigenvalue weighted by Gasteiger charge is 2.25. The molecule has 4 heteroatoms. The minimum Gasteiger partial charge on any atom is -0.491 e. The Bertz CT molecular complexity index is 540. The summed E-state index contributed by atoms with van der Waals surface area (Å²) in [4.78, 5) is 14.2. The van der Waals surface area contributed by atoms with E-state index in [4.69, 9.17) is 10.5 Å². The summed E-state index contributed by atoms with van der Waals surface area (Å²) in [5.74, 6) is 0.872. The smallest absolute Gasteiger partial charge is 0.246 e. The average molecular weight is 302 g/mol. The predicted octanol–water partition coefficient (Wildman–Crippen LogP) is 2.83. The molecule has 120 valence electrons. The van der Waals surface area contributed by atoms with Crippen LogP contribution < -0.4 is 10.5 Å². The summed E-state index contributed by atoms with van der Waals surface area (Å²) < 4.78 is 5.66. The third-order valence-electron chi connectivity index (χ3n) is 3.85. The highest BCUT2D eigenvalue weighted by molar-refractivity contribution is 5.92. The van der Waals surface area contributed by atoms with E-state index >= 15 is 0 Å². The molecule has 2 N–H and O–H groups in total. The normalized spacial score (nSPS) is 22.3. The van der Waals surface area contributed by atoms with Crippen LogP contribution in [0.2, 0.25) is 0 Å². The molecule has 1 saturated heterocycles. The maximum atomic E-state index is 12.3. The number of likely N-dealkylation sites (tertiary alicyclic amines) is 1. The number of benzene rings is 1. The summed E-state index contributed by atoms with van der Waals surface area (Å²) >= 11 is 0. The Morgan fingerprint density at radius 1 is 1.45 bits per heavy atom. The van der Waals surface area contributed by atoms with Crippen LogP contribution in [-0.4, -0.2) is 35.5 Å². The van der Waals surface area contributed by atoms with Crippen LogP contribution in [0.3, 0.4) is 0 Å². The fourth-order valence-electron chi connectivity index (χ4n) is 2.76. The first kappa shape index (κ1) is 16.6. The fourth-order valence-corrected chi connectivity index (χ4v) is 2.76. The first-order valence-electron chi connectivity index (χ1n) is 7.96. The van der Waals surface area contributed by atoms with Gasteiger partial charge in [-0.2, -0.15) is 0 Å². The largest absolute Gasteiger partial charge is 0.491 e. The van der Waals surface area contributed by atoms with Gasteiger partial charge in [0.1, 0.15) is 5.75 Å². The summed E-state index contributed by atoms with van der Waals surface area (Å²) in [6.45, 7) is 6.78. The molecular formula is C18H26N2O2. The van der Waals surface area contributed by atoms with Crippen LogP contribution in [0, 0.1) is 0 Å². The van der Waals surface area contributed by atoms with Gasteiger partial charge >= 0.3 is 0 Å². The highest BCUT2D eigenvalue weighted by atomic mass is 16.5. The van der Waals surface area contributed by atoms with Crippen LogP contribution >= 0.6 is 0 Å². The Balaban J connectivity index is 2.00. The van der Waals surface area contributed by atoms with Gasteiger partial charge in [-0.05, 0) is 57.4 Å². The summed E-state index contributed by atoms with van der Waals surface area (Å²) in [5.41, 5.74) is 6.90. The van der Waals surface area contributed by atoms with Crippen LogP contribution in [-0.2, 0) is 4.79 Å². The van der Waals surface area contributed by atoms with Crippen molar-refractivity contribution in [3.8, 4) is 5.75 Å². The Hall–Kier alpha value is -1.81. The van der Waals surface area contributed by atoms with Gasteiger partial charge in [0.15, 0.2) is 0 Å². The summed E-state index contributed by atoms with van der Waals surface area (Å²) in [5, 5.41) is 0. The molecule has 22 heavy (non-hydrogen) atoms. The van der Waals surface area contributed by atoms with Crippen LogP contribution in [0.15, 0.2) is 30.3 Å². The van der Waals surface area contributed by atoms with Crippen LogP contribution in [0.1, 0.15) is 39.2 Å². The molecule has 2 unspecified atom stereocenters. The molecule has 0 radical (unpaired) electrons. The molecule has 1 amide bonds. The second kappa shape index (κ2) is 7.45. The molecule has 0 saturated carbocycles. The van der Waals surface area contributed by atoms with Gasteiger partial charge in [0.25, 0.3) is 0 Å². The number of carbonyl (C=O) groups is 1. The van der Waals surface area contributed by atoms with E-state index in [0.29, 0.717) is 0 Å². The van der Waals surface area contributed by atoms with Gasteiger partial charge in [-0.1, -0.05) is 12.1 Å². The van der Waals surface area contributed by atoms with E-state index in [2.05, 4.69) is 6.92 Å². The summed E-state index contributed by atoms with van der Waals surface area (Å²) in [6.07, 6.45) is 5.37. The zero-order chi connectivity index (χ0) is 16.1. The van der Waals surface area contributed by atoms with Crippen molar-refractivity contribution in [2.24, 2.45) is 5.73 Å². The third kappa shape index (κ3) is 4.60. The van der Waals surface area contributed by atoms with Gasteiger partial charge in [0.2, 0.25) is 5.91 Å². The molecule has 0 spiro atoms. The monoisotopic (exact) mass is 302 g/mol. The van der Waals surface area contributed by atoms with E-state index in [1.807, 2.05) is 49.1 Å². The minimum absolute atomic E-state index is 0.0505. The minimum atomic E-state index is 0.0505. The number of nitrogens with zero attached hydrogens (tertiary/aromatic N) is 1. The lowest BCUT2D eigenvalue weighted by Crippen LogP contribution is -2.47. The molecule has 1 heterocycles. The van der Waals surface area contributed by atoms with Gasteiger partial charge in [-0.15, -0.1) is 0 Å². The SMILES string of the molecule is CC(C)Oc1cccc(C=CC(=O)N2CCC(N)CC2C)c1. The lowest BCUT2D eigenvalue weighted by Gasteiger charge is -2.35. The van der Waals surface area contributed by atoms with E-state index in [0.717, 1.165) is 30.7 Å². The highest BCUT2D eigenvalue weighted by Crippen LogP contribution is 2.18. The van der Waals surface area contributed by atoms with E-state index in [-0.39, 0.29) is 24.1 Å². The van der Waals surface area contributed by atoms with Gasteiger partial charge in [-0.3, -0.25) is 4.79 Å². The second-order valence-corrected chi connectivity index (χ2v) is 6.24. The van der Waals surface area contributed by atoms with Crippen LogP contribution in [0.5, 0.6) is 5.75 Å². The van der Waals surface area contributed by atoms with Crippen molar-refractivity contribution in [1.82, 2.24) is 4.90 Å². The number of amides is 1. The number of nitrogens with two attached hydrogens (primary N) is 1. The molecule has 0 aliphatic carbocycles. The summed E-state index contributed by atoms with van der Waals surface area (Å²) in [7, 11) is 0. The fraction of sp³-hybridized carbons (Fsp3) is 0.500. The Morgan fingerprint density at radius 2 is 2.23 bits per heavy atom. The van der Waals surface area contributed by atoms with Crippen molar-refractivity contribution in [3.05, 3.63) is 35.9 Å². The van der Waals surface area contributed by atoms with E-state index in [1.165, 1.54) is 0 Å². The Morgan fingerprint density at radius 3 is 2.91 bits per heavy atom. The van der Waals surface area contributed by atoms with E-state index in [9.17, 15) is 4.79 Å². The zero-order valence-corrected chi connectivity index (χ0v) is 13.7. The quantitative estimate of drug-likeness (QED) is 0.870. The molecule has 0 aromatic heterocycles. The number of hydrogen-bond acceptors (Lipinski definition) is 3. The van der Waals surface area contributed by atoms with Crippen molar-refractivity contribution >= 4 is 12.0 Å². The van der Waals surface area contributed by atoms with Crippen molar-refractivity contribution in [2.45, 2.75) is 51.8 Å². The Labute approximate surface area is 132 Å². The van der Waals surface area contributed by atoms with Crippen molar-refractivity contribution in [2.75, 3.05) is 6.54 Å². The lowest BCUT2D eigenvalue weighted by atomic mass is 9.99. The molecule has 1 aliphatic rings. The Kier molecular flexibility index (Phi) is 5.61. The van der Waals surface area contributed by atoms with Gasteiger partial charge in [-0.25, -0.2) is 0 Å². The van der Waals surface area contributed by atoms with Crippen molar-refractivity contribution in [1.29, 1.82) is 0 Å². The first-order chi connectivity index (χ1) is 10.5. The standard InChI is InChI=1S/C18H26N2O2/c1-13(2)22-17-6-4-5-15(12-17)7-8-18(21)20-10-9-16(19)11-14(20)3/h4-8,12-14,16H,9-11,19H2,1-3H3. The average Bonchev–Trinajstić information content (AvgIpc) is 2.44. The zero-order valence-electron chi connectivity index (χ0n) is 13.7. The second-order valence-electron chi connectivity index (χ2n) is 6.24. The van der Waals surface area contributed by atoms with E-state index < -0.39 is 0 Å². The first-order valence-corrected chi connectivity index (χ1v) is 7.96. The maximum absolute atomic E-state index is 12.3. The molecule has 2 rings (SSSR count). The summed E-state index contributed by atoms with van der Waals surface area (Å²) in [6, 6.07) is 8.19. The molecule has 4 nitrogen and oxygen atoms in total. The van der Waals surface area contributed by atoms with E-state index in [1.54, 1.807) is 6.08 Å². The van der Waals surface area contributed by atoms with Gasteiger partial charge in [0.05, 0.1) is 6.10 Å². The maximum Gasteiger partial charge on any atom is 0.246 e. The number of carbonyl (C=O) groups excluding carboxylic acids is 1. The van der Waals surface area contributed by atoms with Crippen molar-refractivity contribution in [3.63, 3.8) is 0 Å². The molecule has 1 fully saturated rings. The molecule has 0 bridgehead atoms. The van der Waals surface area contributed by atoms with Gasteiger partial charge < -0.3 is 15.4 Å². The molecule has 1 aromatic rings. The molecule has 1 aliphatic heterocycles.